The summed E-state index contributed by atoms with van der Waals surface area (Å²) in [5.74, 6) is -1.46. The van der Waals surface area contributed by atoms with Gasteiger partial charge in [-0.25, -0.2) is 8.42 Å². The molecule has 0 aliphatic heterocycles. The van der Waals surface area contributed by atoms with E-state index in [-0.39, 0.29) is 23.7 Å². The number of alkyl halides is 3. The molecule has 1 aromatic carbocycles. The van der Waals surface area contributed by atoms with Crippen molar-refractivity contribution >= 4 is 15.7 Å². The average Bonchev–Trinajstić information content (AvgIpc) is 2.37. The summed E-state index contributed by atoms with van der Waals surface area (Å²) in [6.07, 6.45) is -4.69. The topological polar surface area (TPSA) is 93.2 Å². The Hall–Kier alpha value is -1.77. The van der Waals surface area contributed by atoms with Crippen molar-refractivity contribution in [2.75, 3.05) is 18.1 Å². The molecule has 9 heteroatoms. The molecule has 0 fully saturated rings. The summed E-state index contributed by atoms with van der Waals surface area (Å²) >= 11 is 0. The van der Waals surface area contributed by atoms with Crippen molar-refractivity contribution in [3.63, 3.8) is 0 Å². The second-order valence-corrected chi connectivity index (χ2v) is 6.68. The van der Waals surface area contributed by atoms with Crippen molar-refractivity contribution in [1.29, 1.82) is 5.41 Å². The van der Waals surface area contributed by atoms with E-state index < -0.39 is 33.2 Å². The Labute approximate surface area is 120 Å². The molecule has 0 aliphatic rings. The molecule has 0 saturated heterocycles. The van der Waals surface area contributed by atoms with E-state index in [1.54, 1.807) is 0 Å². The molecule has 0 radical (unpaired) electrons. The van der Waals surface area contributed by atoms with Crippen molar-refractivity contribution in [2.24, 2.45) is 5.73 Å². The van der Waals surface area contributed by atoms with Gasteiger partial charge in [0.2, 0.25) is 0 Å². The van der Waals surface area contributed by atoms with E-state index in [0.717, 1.165) is 6.07 Å². The highest BCUT2D eigenvalue weighted by molar-refractivity contribution is 7.91. The molecule has 0 unspecified atom stereocenters. The zero-order valence-electron chi connectivity index (χ0n) is 11.2. The highest BCUT2D eigenvalue weighted by Gasteiger charge is 2.35. The van der Waals surface area contributed by atoms with Crippen LogP contribution in [0.25, 0.3) is 0 Å². The fraction of sp³-hybridized carbons (Fsp3) is 0.417. The number of hydrogen-bond acceptors (Lipinski definition) is 4. The Kier molecular flexibility index (Phi) is 5.21. The van der Waals surface area contributed by atoms with Gasteiger partial charge in [-0.2, -0.15) is 13.2 Å². The molecule has 0 bridgehead atoms. The first-order chi connectivity index (χ1) is 9.57. The van der Waals surface area contributed by atoms with E-state index in [1.807, 2.05) is 0 Å². The van der Waals surface area contributed by atoms with Gasteiger partial charge in [0.1, 0.15) is 18.2 Å². The first-order valence-electron chi connectivity index (χ1n) is 5.95. The van der Waals surface area contributed by atoms with Gasteiger partial charge < -0.3 is 10.5 Å². The maximum absolute atomic E-state index is 12.9. The Balaban J connectivity index is 2.99. The Bertz CT molecular complexity index is 627. The van der Waals surface area contributed by atoms with Crippen molar-refractivity contribution in [3.8, 4) is 5.75 Å². The third-order valence-corrected chi connectivity index (χ3v) is 4.36. The van der Waals surface area contributed by atoms with Gasteiger partial charge in [-0.05, 0) is 18.2 Å². The molecule has 118 valence electrons. The van der Waals surface area contributed by atoms with Crippen molar-refractivity contribution in [2.45, 2.75) is 13.1 Å². The summed E-state index contributed by atoms with van der Waals surface area (Å²) in [7, 11) is -3.32. The normalized spacial score (nSPS) is 12.2. The fourth-order valence-corrected chi connectivity index (χ4v) is 2.09. The maximum Gasteiger partial charge on any atom is 0.419 e. The number of nitrogens with one attached hydrogen (secondary N) is 1. The van der Waals surface area contributed by atoms with Crippen LogP contribution >= 0.6 is 0 Å². The van der Waals surface area contributed by atoms with Gasteiger partial charge in [-0.1, -0.05) is 6.92 Å². The van der Waals surface area contributed by atoms with Crippen LogP contribution in [0.3, 0.4) is 0 Å². The Morgan fingerprint density at radius 3 is 2.48 bits per heavy atom. The molecule has 0 saturated carbocycles. The molecule has 0 atom stereocenters. The summed E-state index contributed by atoms with van der Waals surface area (Å²) < 4.78 is 66.2. The molecule has 21 heavy (non-hydrogen) atoms. The van der Waals surface area contributed by atoms with Gasteiger partial charge >= 0.3 is 6.18 Å². The summed E-state index contributed by atoms with van der Waals surface area (Å²) in [4.78, 5) is 0. The molecule has 1 rings (SSSR count). The standard InChI is InChI=1S/C12H15F3N2O3S/c1-2-21(18,19)6-5-20-10-4-3-8(11(16)17)7-9(10)12(13,14)15/h3-4,7H,2,5-6H2,1H3,(H3,16,17). The summed E-state index contributed by atoms with van der Waals surface area (Å²) in [5.41, 5.74) is 3.97. The van der Waals surface area contributed by atoms with E-state index >= 15 is 0 Å². The van der Waals surface area contributed by atoms with E-state index in [2.05, 4.69) is 0 Å². The van der Waals surface area contributed by atoms with Gasteiger partial charge in [-0.15, -0.1) is 0 Å². The minimum Gasteiger partial charge on any atom is -0.492 e. The molecule has 5 nitrogen and oxygen atoms in total. The largest absolute Gasteiger partial charge is 0.492 e. The highest BCUT2D eigenvalue weighted by atomic mass is 32.2. The van der Waals surface area contributed by atoms with Crippen molar-refractivity contribution in [1.82, 2.24) is 0 Å². The van der Waals surface area contributed by atoms with Crippen molar-refractivity contribution in [3.05, 3.63) is 29.3 Å². The van der Waals surface area contributed by atoms with Crippen LogP contribution < -0.4 is 10.5 Å². The first kappa shape index (κ1) is 17.3. The van der Waals surface area contributed by atoms with Gasteiger partial charge in [0.15, 0.2) is 9.84 Å². The number of benzene rings is 1. The average molecular weight is 324 g/mol. The number of nitrogens with two attached hydrogens (primary N) is 1. The van der Waals surface area contributed by atoms with Crippen LogP contribution in [-0.4, -0.2) is 32.4 Å². The van der Waals surface area contributed by atoms with Gasteiger partial charge in [-0.3, -0.25) is 5.41 Å². The number of rotatable bonds is 6. The first-order valence-corrected chi connectivity index (χ1v) is 7.78. The lowest BCUT2D eigenvalue weighted by molar-refractivity contribution is -0.138. The molecule has 3 N–H and O–H groups in total. The van der Waals surface area contributed by atoms with Gasteiger partial charge in [0.05, 0.1) is 11.3 Å². The quantitative estimate of drug-likeness (QED) is 0.616. The molecule has 0 aromatic heterocycles. The molecule has 0 heterocycles. The lowest BCUT2D eigenvalue weighted by atomic mass is 10.1. The summed E-state index contributed by atoms with van der Waals surface area (Å²) in [6.45, 7) is 1.07. The number of nitrogen functional groups attached to an aromatic ring is 1. The zero-order valence-corrected chi connectivity index (χ0v) is 12.0. The Morgan fingerprint density at radius 1 is 1.38 bits per heavy atom. The van der Waals surface area contributed by atoms with Gasteiger partial charge in [0, 0.05) is 11.3 Å². The van der Waals surface area contributed by atoms with E-state index in [4.69, 9.17) is 15.9 Å². The predicted molar refractivity (Wildman–Crippen MR) is 72.3 cm³/mol. The van der Waals surface area contributed by atoms with E-state index in [1.165, 1.54) is 13.0 Å². The third-order valence-electron chi connectivity index (χ3n) is 2.69. The summed E-state index contributed by atoms with van der Waals surface area (Å²) in [6, 6.07) is 2.94. The Morgan fingerprint density at radius 2 is 2.00 bits per heavy atom. The second kappa shape index (κ2) is 6.33. The van der Waals surface area contributed by atoms with Gasteiger partial charge in [0.25, 0.3) is 0 Å². The monoisotopic (exact) mass is 324 g/mol. The number of halogens is 3. The van der Waals surface area contributed by atoms with Crippen LogP contribution in [0.15, 0.2) is 18.2 Å². The number of amidine groups is 1. The lowest BCUT2D eigenvalue weighted by Gasteiger charge is -2.15. The molecule has 0 aliphatic carbocycles. The molecular weight excluding hydrogens is 309 g/mol. The highest BCUT2D eigenvalue weighted by Crippen LogP contribution is 2.36. The molecule has 1 aromatic rings. The van der Waals surface area contributed by atoms with Crippen LogP contribution in [0.5, 0.6) is 5.75 Å². The van der Waals surface area contributed by atoms with Crippen LogP contribution in [0, 0.1) is 5.41 Å². The molecule has 0 amide bonds. The van der Waals surface area contributed by atoms with Crippen LogP contribution in [0.4, 0.5) is 13.2 Å². The third kappa shape index (κ3) is 4.92. The fourth-order valence-electron chi connectivity index (χ4n) is 1.47. The molecule has 0 spiro atoms. The SMILES string of the molecule is CCS(=O)(=O)CCOc1ccc(C(=N)N)cc1C(F)(F)F. The minimum absolute atomic E-state index is 0.0872. The lowest BCUT2D eigenvalue weighted by Crippen LogP contribution is -2.18. The van der Waals surface area contributed by atoms with Crippen molar-refractivity contribution < 1.29 is 26.3 Å². The predicted octanol–water partition coefficient (Wildman–Crippen LogP) is 1.80. The minimum atomic E-state index is -4.69. The zero-order chi connectivity index (χ0) is 16.3. The van der Waals surface area contributed by atoms with E-state index in [0.29, 0.717) is 6.07 Å². The van der Waals surface area contributed by atoms with E-state index in [9.17, 15) is 21.6 Å². The van der Waals surface area contributed by atoms with Crippen LogP contribution in [0.2, 0.25) is 0 Å². The number of sulfone groups is 1. The second-order valence-electron chi connectivity index (χ2n) is 4.21. The smallest absolute Gasteiger partial charge is 0.419 e. The van der Waals surface area contributed by atoms with Crippen LogP contribution in [0.1, 0.15) is 18.1 Å². The number of hydrogen-bond donors (Lipinski definition) is 2. The summed E-state index contributed by atoms with van der Waals surface area (Å²) in [5, 5.41) is 7.14. The molecular formula is C12H15F3N2O3S. The number of ether oxygens (including phenoxy) is 1. The van der Waals surface area contributed by atoms with Crippen LogP contribution in [-0.2, 0) is 16.0 Å². The maximum atomic E-state index is 12.9.